The van der Waals surface area contributed by atoms with Crippen LogP contribution in [0, 0.1) is 0 Å². The molecule has 27 heavy (non-hydrogen) atoms. The zero-order valence-electron chi connectivity index (χ0n) is 18.4. The predicted octanol–water partition coefficient (Wildman–Crippen LogP) is 8.54. The van der Waals surface area contributed by atoms with Gasteiger partial charge in [0.2, 0.25) is 0 Å². The first-order valence-electron chi connectivity index (χ1n) is 12.1. The number of aliphatic hydroxyl groups excluding tert-OH is 1. The first-order valence-corrected chi connectivity index (χ1v) is 12.1. The third-order valence-corrected chi connectivity index (χ3v) is 5.79. The smallest absolute Gasteiger partial charge is 0.0792 e. The molecule has 1 unspecified atom stereocenters. The van der Waals surface area contributed by atoms with E-state index in [0.717, 1.165) is 25.7 Å². The van der Waals surface area contributed by atoms with Crippen molar-refractivity contribution in [3.63, 3.8) is 0 Å². The first-order chi connectivity index (χ1) is 13.3. The van der Waals surface area contributed by atoms with Crippen LogP contribution in [-0.4, -0.2) is 5.11 Å². The maximum atomic E-state index is 10.4. The lowest BCUT2D eigenvalue weighted by molar-refractivity contribution is 0.163. The van der Waals surface area contributed by atoms with E-state index in [-0.39, 0.29) is 6.10 Å². The molecule has 1 N–H and O–H groups in total. The number of unbranched alkanes of at least 4 members (excludes halogenated alkanes) is 13. The summed E-state index contributed by atoms with van der Waals surface area (Å²) >= 11 is 0. The average molecular weight is 375 g/mol. The van der Waals surface area contributed by atoms with Crippen LogP contribution in [0.1, 0.15) is 134 Å². The van der Waals surface area contributed by atoms with Crippen LogP contribution in [0.3, 0.4) is 0 Å². The van der Waals surface area contributed by atoms with E-state index in [4.69, 9.17) is 0 Å². The summed E-state index contributed by atoms with van der Waals surface area (Å²) in [6.07, 6.45) is 22.2. The van der Waals surface area contributed by atoms with Crippen molar-refractivity contribution in [2.24, 2.45) is 0 Å². The molecule has 0 saturated carbocycles. The van der Waals surface area contributed by atoms with Crippen LogP contribution >= 0.6 is 0 Å². The Morgan fingerprint density at radius 3 is 1.67 bits per heavy atom. The van der Waals surface area contributed by atoms with Gasteiger partial charge in [0.1, 0.15) is 0 Å². The number of aryl methyl sites for hydroxylation is 1. The molecule has 1 rings (SSSR count). The van der Waals surface area contributed by atoms with Gasteiger partial charge in [-0.1, -0.05) is 128 Å². The van der Waals surface area contributed by atoms with Crippen LogP contribution in [-0.2, 0) is 6.42 Å². The zero-order valence-corrected chi connectivity index (χ0v) is 18.4. The molecule has 1 heteroatoms. The molecule has 0 radical (unpaired) electrons. The lowest BCUT2D eigenvalue weighted by atomic mass is 9.95. The third-order valence-electron chi connectivity index (χ3n) is 5.79. The van der Waals surface area contributed by atoms with Crippen LogP contribution in [0.2, 0.25) is 0 Å². The Kier molecular flexibility index (Phi) is 15.5. The first kappa shape index (κ1) is 24.2. The number of rotatable bonds is 18. The molecule has 0 fully saturated rings. The zero-order chi connectivity index (χ0) is 19.6. The SMILES string of the molecule is CCCCCCCCCCCCCCCc1ccccc1C(O)CCCC. The van der Waals surface area contributed by atoms with E-state index in [0.29, 0.717) is 0 Å². The molecule has 156 valence electrons. The summed E-state index contributed by atoms with van der Waals surface area (Å²) in [5, 5.41) is 10.4. The minimum atomic E-state index is -0.275. The largest absolute Gasteiger partial charge is 0.388 e. The molecule has 0 aliphatic heterocycles. The standard InChI is InChI=1S/C26H46O/c1-3-5-7-8-9-10-11-12-13-14-15-16-17-20-24-21-18-19-22-25(24)26(27)23-6-4-2/h18-19,21-22,26-27H,3-17,20,23H2,1-2H3. The highest BCUT2D eigenvalue weighted by atomic mass is 16.3. The van der Waals surface area contributed by atoms with Gasteiger partial charge in [-0.3, -0.25) is 0 Å². The second kappa shape index (κ2) is 17.3. The van der Waals surface area contributed by atoms with Gasteiger partial charge < -0.3 is 5.11 Å². The lowest BCUT2D eigenvalue weighted by Crippen LogP contribution is -2.02. The Morgan fingerprint density at radius 2 is 1.11 bits per heavy atom. The average Bonchev–Trinajstić information content (AvgIpc) is 2.70. The summed E-state index contributed by atoms with van der Waals surface area (Å²) in [4.78, 5) is 0. The summed E-state index contributed by atoms with van der Waals surface area (Å²) in [6, 6.07) is 8.52. The number of hydrogen-bond acceptors (Lipinski definition) is 1. The van der Waals surface area contributed by atoms with Crippen LogP contribution in [0.5, 0.6) is 0 Å². The van der Waals surface area contributed by atoms with Crippen molar-refractivity contribution >= 4 is 0 Å². The van der Waals surface area contributed by atoms with E-state index in [1.165, 1.54) is 94.6 Å². The van der Waals surface area contributed by atoms with Crippen molar-refractivity contribution in [3.05, 3.63) is 35.4 Å². The van der Waals surface area contributed by atoms with Gasteiger partial charge in [-0.2, -0.15) is 0 Å². The molecule has 0 heterocycles. The topological polar surface area (TPSA) is 20.2 Å². The Bertz CT molecular complexity index is 440. The molecular weight excluding hydrogens is 328 g/mol. The Morgan fingerprint density at radius 1 is 0.630 bits per heavy atom. The second-order valence-electron chi connectivity index (χ2n) is 8.35. The molecule has 0 saturated heterocycles. The maximum absolute atomic E-state index is 10.4. The summed E-state index contributed by atoms with van der Waals surface area (Å²) in [7, 11) is 0. The predicted molar refractivity (Wildman–Crippen MR) is 120 cm³/mol. The molecule has 1 nitrogen and oxygen atoms in total. The molecule has 0 spiro atoms. The van der Waals surface area contributed by atoms with Crippen molar-refractivity contribution in [3.8, 4) is 0 Å². The van der Waals surface area contributed by atoms with Gasteiger partial charge in [0, 0.05) is 0 Å². The summed E-state index contributed by atoms with van der Waals surface area (Å²) in [6.45, 7) is 4.47. The Labute approximate surface area is 170 Å². The number of aliphatic hydroxyl groups is 1. The maximum Gasteiger partial charge on any atom is 0.0792 e. The third kappa shape index (κ3) is 12.3. The summed E-state index contributed by atoms with van der Waals surface area (Å²) < 4.78 is 0. The van der Waals surface area contributed by atoms with E-state index in [1.54, 1.807) is 0 Å². The molecule has 0 amide bonds. The van der Waals surface area contributed by atoms with Gasteiger partial charge in [-0.15, -0.1) is 0 Å². The van der Waals surface area contributed by atoms with Crippen molar-refractivity contribution in [2.45, 2.75) is 129 Å². The number of hydrogen-bond donors (Lipinski definition) is 1. The molecular formula is C26H46O. The highest BCUT2D eigenvalue weighted by Gasteiger charge is 2.11. The molecule has 0 aromatic heterocycles. The summed E-state index contributed by atoms with van der Waals surface area (Å²) in [5.74, 6) is 0. The van der Waals surface area contributed by atoms with Gasteiger partial charge in [0.05, 0.1) is 6.10 Å². The molecule has 1 aromatic rings. The van der Waals surface area contributed by atoms with E-state index in [2.05, 4.69) is 38.1 Å². The van der Waals surface area contributed by atoms with Gasteiger partial charge >= 0.3 is 0 Å². The van der Waals surface area contributed by atoms with Crippen molar-refractivity contribution in [1.82, 2.24) is 0 Å². The second-order valence-corrected chi connectivity index (χ2v) is 8.35. The highest BCUT2D eigenvalue weighted by Crippen LogP contribution is 2.24. The number of benzene rings is 1. The highest BCUT2D eigenvalue weighted by molar-refractivity contribution is 5.29. The fourth-order valence-electron chi connectivity index (χ4n) is 3.97. The van der Waals surface area contributed by atoms with Crippen LogP contribution in [0.15, 0.2) is 24.3 Å². The lowest BCUT2D eigenvalue weighted by Gasteiger charge is -2.15. The molecule has 0 aliphatic rings. The van der Waals surface area contributed by atoms with Crippen LogP contribution in [0.25, 0.3) is 0 Å². The van der Waals surface area contributed by atoms with E-state index in [1.807, 2.05) is 0 Å². The quantitative estimate of drug-likeness (QED) is 0.255. The van der Waals surface area contributed by atoms with Crippen LogP contribution < -0.4 is 0 Å². The van der Waals surface area contributed by atoms with Crippen molar-refractivity contribution in [1.29, 1.82) is 0 Å². The normalized spacial score (nSPS) is 12.4. The molecule has 1 atom stereocenters. The Hall–Kier alpha value is -0.820. The van der Waals surface area contributed by atoms with Crippen molar-refractivity contribution < 1.29 is 5.11 Å². The fraction of sp³-hybridized carbons (Fsp3) is 0.769. The van der Waals surface area contributed by atoms with E-state index >= 15 is 0 Å². The van der Waals surface area contributed by atoms with Gasteiger partial charge in [-0.05, 0) is 30.4 Å². The monoisotopic (exact) mass is 374 g/mol. The molecule has 1 aromatic carbocycles. The molecule has 0 aliphatic carbocycles. The Balaban J connectivity index is 2.04. The van der Waals surface area contributed by atoms with E-state index < -0.39 is 0 Å². The minimum Gasteiger partial charge on any atom is -0.388 e. The summed E-state index contributed by atoms with van der Waals surface area (Å²) in [5.41, 5.74) is 2.54. The van der Waals surface area contributed by atoms with Gasteiger partial charge in [0.15, 0.2) is 0 Å². The fourth-order valence-corrected chi connectivity index (χ4v) is 3.97. The van der Waals surface area contributed by atoms with Crippen LogP contribution in [0.4, 0.5) is 0 Å². The molecule has 0 bridgehead atoms. The minimum absolute atomic E-state index is 0.275. The van der Waals surface area contributed by atoms with Gasteiger partial charge in [-0.25, -0.2) is 0 Å². The van der Waals surface area contributed by atoms with Crippen molar-refractivity contribution in [2.75, 3.05) is 0 Å². The van der Waals surface area contributed by atoms with E-state index in [9.17, 15) is 5.11 Å². The van der Waals surface area contributed by atoms with Gasteiger partial charge in [0.25, 0.3) is 0 Å².